The van der Waals surface area contributed by atoms with Crippen molar-refractivity contribution in [2.24, 2.45) is 0 Å². The monoisotopic (exact) mass is 651 g/mol. The maximum Gasteiger partial charge on any atom is 0.340 e. The molecule has 238 valence electrons. The highest BCUT2D eigenvalue weighted by atomic mass is 32.1. The first kappa shape index (κ1) is 31.1. The third kappa shape index (κ3) is 5.69. The van der Waals surface area contributed by atoms with E-state index in [1.165, 1.54) is 48.6 Å². The maximum atomic E-state index is 12.5. The van der Waals surface area contributed by atoms with Gasteiger partial charge in [0.1, 0.15) is 23.0 Å². The summed E-state index contributed by atoms with van der Waals surface area (Å²) in [5.41, 5.74) is 2.56. The number of amides is 1. The molecule has 13 heteroatoms. The second kappa shape index (κ2) is 12.5. The van der Waals surface area contributed by atoms with E-state index in [9.17, 15) is 25.0 Å². The molecule has 4 N–H and O–H groups in total. The molecule has 7 rings (SSSR count). The van der Waals surface area contributed by atoms with Crippen LogP contribution in [0.5, 0.6) is 23.0 Å². The fourth-order valence-corrected chi connectivity index (χ4v) is 6.23. The summed E-state index contributed by atoms with van der Waals surface area (Å²) in [6.07, 6.45) is 4.82. The molecule has 0 atom stereocenters. The number of phenolic OH excluding ortho intramolecular Hbond substituents is 2. The lowest BCUT2D eigenvalue weighted by Gasteiger charge is -2.37. The number of ether oxygens (including phenoxy) is 2. The molecule has 5 aromatic rings. The lowest BCUT2D eigenvalue weighted by atomic mass is 9.77. The highest BCUT2D eigenvalue weighted by Crippen LogP contribution is 2.57. The van der Waals surface area contributed by atoms with Crippen LogP contribution in [0.15, 0.2) is 109 Å². The summed E-state index contributed by atoms with van der Waals surface area (Å²) in [6, 6.07) is 19.0. The van der Waals surface area contributed by atoms with E-state index >= 15 is 0 Å². The number of hydrogen-bond acceptors (Lipinski definition) is 11. The van der Waals surface area contributed by atoms with E-state index in [0.29, 0.717) is 50.4 Å². The Morgan fingerprint density at radius 3 is 2.28 bits per heavy atom. The van der Waals surface area contributed by atoms with Crippen molar-refractivity contribution >= 4 is 33.3 Å². The molecule has 1 spiro atoms. The van der Waals surface area contributed by atoms with Gasteiger partial charge < -0.3 is 25.0 Å². The van der Waals surface area contributed by atoms with Gasteiger partial charge in [0.2, 0.25) is 16.0 Å². The molecule has 4 heterocycles. The van der Waals surface area contributed by atoms with Crippen LogP contribution in [0.1, 0.15) is 18.1 Å². The van der Waals surface area contributed by atoms with Crippen LogP contribution in [0, 0.1) is 0 Å². The number of carbonyl (C=O) groups is 2. The number of carbonyl (C=O) groups excluding carboxylic acids is 2. The van der Waals surface area contributed by atoms with Crippen molar-refractivity contribution in [1.29, 1.82) is 0 Å². The summed E-state index contributed by atoms with van der Waals surface area (Å²) in [7, 11) is 0. The standard InChI is InChI=1S/C20H14O5.C14H15N5O2S/c1-3-13-14(4-2)20(25-19(13)23)15-7-5-11(21)9-17(15)24-18-10-12(22)6-8-16(18)20;1-10(20)15-7-8-19(21)14-17-18-9-12(16-13(18)22-14)11-5-3-2-4-6-11/h3-10,21-22H,1-2H2;2-6,9,21H,7-8H2,1H3,(H,15,20). The molecule has 0 bridgehead atoms. The van der Waals surface area contributed by atoms with E-state index in [1.807, 2.05) is 36.5 Å². The van der Waals surface area contributed by atoms with E-state index in [1.54, 1.807) is 22.7 Å². The molecule has 2 aliphatic heterocycles. The average molecular weight is 652 g/mol. The fraction of sp³-hybridized carbons (Fsp3) is 0.118. The quantitative estimate of drug-likeness (QED) is 0.131. The van der Waals surface area contributed by atoms with Gasteiger partial charge >= 0.3 is 5.97 Å². The van der Waals surface area contributed by atoms with Gasteiger partial charge in [-0.1, -0.05) is 67.0 Å². The smallest absolute Gasteiger partial charge is 0.340 e. The number of phenols is 2. The highest BCUT2D eigenvalue weighted by Gasteiger charge is 2.53. The molecular formula is C34H29N5O7S. The molecule has 47 heavy (non-hydrogen) atoms. The molecule has 0 aliphatic carbocycles. The maximum absolute atomic E-state index is 12.5. The summed E-state index contributed by atoms with van der Waals surface area (Å²) in [5.74, 6) is 0.0237. The van der Waals surface area contributed by atoms with Gasteiger partial charge in [0.25, 0.3) is 0 Å². The Balaban J connectivity index is 0.000000166. The number of nitrogens with zero attached hydrogens (tertiary/aromatic N) is 4. The van der Waals surface area contributed by atoms with Gasteiger partial charge in [-0.25, -0.2) is 19.4 Å². The topological polar surface area (TPSA) is 159 Å². The fourth-order valence-electron chi connectivity index (χ4n) is 5.41. The number of esters is 1. The summed E-state index contributed by atoms with van der Waals surface area (Å²) in [6.45, 7) is 9.57. The van der Waals surface area contributed by atoms with Crippen LogP contribution in [0.3, 0.4) is 0 Å². The molecule has 3 aromatic carbocycles. The number of imidazole rings is 1. The van der Waals surface area contributed by atoms with Gasteiger partial charge in [0.15, 0.2) is 5.60 Å². The SMILES string of the molecule is C=CC1=C(C=C)C2(OC1=O)c1ccc(O)cc1Oc1cc(O)ccc12.CC(=O)NCCN(O)c1nn2cc(-c3ccccc3)nc2s1. The molecule has 0 fully saturated rings. The Bertz CT molecular complexity index is 1980. The van der Waals surface area contributed by atoms with E-state index in [2.05, 4.69) is 28.6 Å². The minimum absolute atomic E-state index is 0.00917. The number of hydrogen-bond donors (Lipinski definition) is 4. The van der Waals surface area contributed by atoms with Gasteiger partial charge in [0.05, 0.1) is 24.0 Å². The molecule has 2 aromatic heterocycles. The zero-order valence-corrected chi connectivity index (χ0v) is 25.9. The van der Waals surface area contributed by atoms with Crippen molar-refractivity contribution in [3.63, 3.8) is 0 Å². The van der Waals surface area contributed by atoms with Crippen LogP contribution >= 0.6 is 11.3 Å². The minimum atomic E-state index is -1.27. The summed E-state index contributed by atoms with van der Waals surface area (Å²) in [5, 5.41) is 37.9. The lowest BCUT2D eigenvalue weighted by Crippen LogP contribution is -2.33. The Hall–Kier alpha value is -5.92. The first-order valence-corrected chi connectivity index (χ1v) is 15.2. The third-order valence-corrected chi connectivity index (χ3v) is 8.41. The number of anilines is 1. The van der Waals surface area contributed by atoms with E-state index < -0.39 is 11.6 Å². The number of aromatic nitrogens is 3. The molecule has 2 aliphatic rings. The summed E-state index contributed by atoms with van der Waals surface area (Å²) >= 11 is 1.28. The van der Waals surface area contributed by atoms with Crippen molar-refractivity contribution in [1.82, 2.24) is 19.9 Å². The zero-order valence-electron chi connectivity index (χ0n) is 25.1. The molecule has 1 amide bonds. The molecule has 12 nitrogen and oxygen atoms in total. The molecule has 0 saturated carbocycles. The Morgan fingerprint density at radius 2 is 1.70 bits per heavy atom. The van der Waals surface area contributed by atoms with Crippen LogP contribution in [-0.4, -0.2) is 55.0 Å². The summed E-state index contributed by atoms with van der Waals surface area (Å²) in [4.78, 5) is 28.5. The number of fused-ring (bicyclic) bond motifs is 5. The van der Waals surface area contributed by atoms with E-state index in [-0.39, 0.29) is 24.0 Å². The van der Waals surface area contributed by atoms with Gasteiger partial charge in [-0.3, -0.25) is 10.0 Å². The van der Waals surface area contributed by atoms with E-state index in [0.717, 1.165) is 16.3 Å². The second-order valence-corrected chi connectivity index (χ2v) is 11.4. The molecular weight excluding hydrogens is 622 g/mol. The van der Waals surface area contributed by atoms with Crippen LogP contribution in [-0.2, 0) is 19.9 Å². The van der Waals surface area contributed by atoms with Crippen LogP contribution in [0.2, 0.25) is 0 Å². The van der Waals surface area contributed by atoms with Gasteiger partial charge in [0, 0.05) is 47.9 Å². The van der Waals surface area contributed by atoms with Crippen molar-refractivity contribution in [2.45, 2.75) is 12.5 Å². The number of hydroxylamine groups is 1. The lowest BCUT2D eigenvalue weighted by molar-refractivity contribution is -0.144. The Morgan fingerprint density at radius 1 is 1.04 bits per heavy atom. The van der Waals surface area contributed by atoms with Crippen molar-refractivity contribution in [2.75, 3.05) is 18.2 Å². The zero-order chi connectivity index (χ0) is 33.3. The Labute approximate surface area is 272 Å². The summed E-state index contributed by atoms with van der Waals surface area (Å²) < 4.78 is 13.3. The number of benzene rings is 3. The number of rotatable bonds is 7. The largest absolute Gasteiger partial charge is 0.508 e. The van der Waals surface area contributed by atoms with Crippen LogP contribution in [0.4, 0.5) is 5.13 Å². The number of nitrogens with one attached hydrogen (secondary N) is 1. The second-order valence-electron chi connectivity index (χ2n) is 10.5. The first-order valence-electron chi connectivity index (χ1n) is 14.3. The average Bonchev–Trinajstić information content (AvgIpc) is 3.71. The van der Waals surface area contributed by atoms with Crippen molar-refractivity contribution < 1.29 is 34.5 Å². The molecule has 0 saturated heterocycles. The van der Waals surface area contributed by atoms with Crippen LogP contribution in [0.25, 0.3) is 16.2 Å². The van der Waals surface area contributed by atoms with E-state index in [4.69, 9.17) is 9.47 Å². The highest BCUT2D eigenvalue weighted by molar-refractivity contribution is 7.20. The third-order valence-electron chi connectivity index (χ3n) is 7.47. The van der Waals surface area contributed by atoms with Crippen molar-refractivity contribution in [3.8, 4) is 34.3 Å². The predicted octanol–water partition coefficient (Wildman–Crippen LogP) is 5.46. The first-order chi connectivity index (χ1) is 22.6. The number of aromatic hydroxyl groups is 2. The van der Waals surface area contributed by atoms with Gasteiger partial charge in [-0.2, -0.15) is 0 Å². The Kier molecular flexibility index (Phi) is 8.24. The normalized spacial score (nSPS) is 14.0. The minimum Gasteiger partial charge on any atom is -0.508 e. The van der Waals surface area contributed by atoms with Crippen LogP contribution < -0.4 is 15.1 Å². The van der Waals surface area contributed by atoms with Crippen molar-refractivity contribution in [3.05, 3.63) is 121 Å². The predicted molar refractivity (Wildman–Crippen MR) is 175 cm³/mol. The molecule has 0 radical (unpaired) electrons. The van der Waals surface area contributed by atoms with Gasteiger partial charge in [-0.15, -0.1) is 5.10 Å². The molecule has 0 unspecified atom stereocenters. The van der Waals surface area contributed by atoms with Gasteiger partial charge in [-0.05, 0) is 24.3 Å².